The Morgan fingerprint density at radius 1 is 1.53 bits per heavy atom. The molecule has 0 radical (unpaired) electrons. The molecule has 6 nitrogen and oxygen atoms in total. The molecule has 17 heavy (non-hydrogen) atoms. The van der Waals surface area contributed by atoms with Crippen molar-refractivity contribution in [3.63, 3.8) is 0 Å². The van der Waals surface area contributed by atoms with Gasteiger partial charge < -0.3 is 5.32 Å². The van der Waals surface area contributed by atoms with Crippen LogP contribution in [0.3, 0.4) is 0 Å². The van der Waals surface area contributed by atoms with Crippen molar-refractivity contribution in [1.29, 1.82) is 0 Å². The maximum absolute atomic E-state index is 11.1. The van der Waals surface area contributed by atoms with Gasteiger partial charge in [0.05, 0.1) is 4.92 Å². The summed E-state index contributed by atoms with van der Waals surface area (Å²) in [6.45, 7) is 3.94. The molecule has 1 heterocycles. The van der Waals surface area contributed by atoms with Crippen molar-refractivity contribution in [2.75, 3.05) is 7.05 Å². The van der Waals surface area contributed by atoms with Crippen molar-refractivity contribution >= 4 is 5.69 Å². The second-order valence-electron chi connectivity index (χ2n) is 4.07. The highest BCUT2D eigenvalue weighted by Gasteiger charge is 2.26. The minimum Gasteiger partial charge on any atom is -0.317 e. The largest absolute Gasteiger partial charge is 0.317 e. The number of nitrogens with one attached hydrogen (secondary N) is 1. The molecule has 0 saturated heterocycles. The fraction of sp³-hybridized carbons (Fsp3) is 0.727. The van der Waals surface area contributed by atoms with E-state index >= 15 is 0 Å². The van der Waals surface area contributed by atoms with Gasteiger partial charge in [0.2, 0.25) is 0 Å². The van der Waals surface area contributed by atoms with Crippen LogP contribution in [-0.2, 0) is 19.9 Å². The predicted octanol–water partition coefficient (Wildman–Crippen LogP) is 1.43. The van der Waals surface area contributed by atoms with E-state index in [1.165, 1.54) is 0 Å². The first-order valence-electron chi connectivity index (χ1n) is 5.91. The number of hydrogen-bond acceptors (Lipinski definition) is 4. The highest BCUT2D eigenvalue weighted by atomic mass is 16.6. The van der Waals surface area contributed by atoms with Gasteiger partial charge in [0.1, 0.15) is 11.4 Å². The average molecular weight is 240 g/mol. The summed E-state index contributed by atoms with van der Waals surface area (Å²) in [4.78, 5) is 10.8. The topological polar surface area (TPSA) is 73.0 Å². The Kier molecular flexibility index (Phi) is 4.62. The summed E-state index contributed by atoms with van der Waals surface area (Å²) in [5.41, 5.74) is 1.45. The fourth-order valence-electron chi connectivity index (χ4n) is 1.97. The molecule has 0 aromatic carbocycles. The summed E-state index contributed by atoms with van der Waals surface area (Å²) < 4.78 is 1.64. The molecule has 1 N–H and O–H groups in total. The molecular weight excluding hydrogens is 220 g/mol. The quantitative estimate of drug-likeness (QED) is 0.603. The lowest BCUT2D eigenvalue weighted by Crippen LogP contribution is -2.27. The molecule has 0 aliphatic heterocycles. The predicted molar refractivity (Wildman–Crippen MR) is 66.1 cm³/mol. The molecule has 96 valence electrons. The Morgan fingerprint density at radius 2 is 2.18 bits per heavy atom. The summed E-state index contributed by atoms with van der Waals surface area (Å²) in [6, 6.07) is 0.244. The lowest BCUT2D eigenvalue weighted by atomic mass is 10.1. The molecule has 0 aliphatic carbocycles. The van der Waals surface area contributed by atoms with Crippen LogP contribution in [0.1, 0.15) is 31.7 Å². The smallest absolute Gasteiger partial charge is 0.313 e. The van der Waals surface area contributed by atoms with E-state index in [0.29, 0.717) is 24.2 Å². The van der Waals surface area contributed by atoms with E-state index in [9.17, 15) is 10.1 Å². The summed E-state index contributed by atoms with van der Waals surface area (Å²) in [6.07, 6.45) is 2.15. The number of hydrogen-bond donors (Lipinski definition) is 1. The van der Waals surface area contributed by atoms with Crippen LogP contribution in [-0.4, -0.2) is 27.8 Å². The number of rotatable bonds is 6. The first-order chi connectivity index (χ1) is 8.04. The van der Waals surface area contributed by atoms with Crippen LogP contribution < -0.4 is 5.32 Å². The second kappa shape index (κ2) is 5.77. The Balaban J connectivity index is 3.12. The number of aromatic nitrogens is 2. The minimum atomic E-state index is -0.316. The van der Waals surface area contributed by atoms with Gasteiger partial charge >= 0.3 is 5.69 Å². The Bertz CT molecular complexity index is 396. The fourth-order valence-corrected chi connectivity index (χ4v) is 1.97. The van der Waals surface area contributed by atoms with Gasteiger partial charge in [0, 0.05) is 19.5 Å². The van der Waals surface area contributed by atoms with Crippen molar-refractivity contribution in [1.82, 2.24) is 15.1 Å². The monoisotopic (exact) mass is 240 g/mol. The van der Waals surface area contributed by atoms with Crippen LogP contribution >= 0.6 is 0 Å². The van der Waals surface area contributed by atoms with E-state index in [4.69, 9.17) is 0 Å². The van der Waals surface area contributed by atoms with E-state index in [1.54, 1.807) is 11.7 Å². The van der Waals surface area contributed by atoms with Crippen molar-refractivity contribution in [2.45, 2.75) is 39.2 Å². The molecule has 1 rings (SSSR count). The Hall–Kier alpha value is -1.43. The summed E-state index contributed by atoms with van der Waals surface area (Å²) in [5.74, 6) is 0. The van der Waals surface area contributed by atoms with Gasteiger partial charge in [0.15, 0.2) is 0 Å². The van der Waals surface area contributed by atoms with Crippen LogP contribution in [0.15, 0.2) is 0 Å². The van der Waals surface area contributed by atoms with Crippen molar-refractivity contribution in [3.05, 3.63) is 21.5 Å². The molecule has 0 aliphatic rings. The standard InChI is InChI=1S/C11H20N4O2/c1-5-8(12-3)7-10-11(15(16)17)9(6-2)13-14(10)4/h8,12H,5-7H2,1-4H3. The molecule has 1 unspecified atom stereocenters. The highest BCUT2D eigenvalue weighted by Crippen LogP contribution is 2.25. The molecule has 1 aromatic rings. The number of aryl methyl sites for hydroxylation is 2. The Labute approximate surface area is 101 Å². The van der Waals surface area contributed by atoms with Crippen molar-refractivity contribution in [3.8, 4) is 0 Å². The molecule has 0 fully saturated rings. The van der Waals surface area contributed by atoms with Crippen LogP contribution in [0, 0.1) is 10.1 Å². The van der Waals surface area contributed by atoms with E-state index in [0.717, 1.165) is 6.42 Å². The third-order valence-corrected chi connectivity index (χ3v) is 3.07. The summed E-state index contributed by atoms with van der Waals surface area (Å²) >= 11 is 0. The van der Waals surface area contributed by atoms with Crippen molar-refractivity contribution < 1.29 is 4.92 Å². The molecular formula is C11H20N4O2. The Morgan fingerprint density at radius 3 is 2.59 bits per heavy atom. The molecule has 0 spiro atoms. The first kappa shape index (κ1) is 13.6. The van der Waals surface area contributed by atoms with Crippen LogP contribution in [0.5, 0.6) is 0 Å². The normalized spacial score (nSPS) is 12.7. The van der Waals surface area contributed by atoms with Gasteiger partial charge in [0.25, 0.3) is 0 Å². The first-order valence-corrected chi connectivity index (χ1v) is 5.91. The van der Waals surface area contributed by atoms with E-state index in [-0.39, 0.29) is 16.7 Å². The lowest BCUT2D eigenvalue weighted by molar-refractivity contribution is -0.386. The maximum atomic E-state index is 11.1. The van der Waals surface area contributed by atoms with Crippen LogP contribution in [0.25, 0.3) is 0 Å². The number of nitro groups is 1. The van der Waals surface area contributed by atoms with Gasteiger partial charge in [-0.15, -0.1) is 0 Å². The minimum absolute atomic E-state index is 0.184. The molecule has 1 aromatic heterocycles. The third-order valence-electron chi connectivity index (χ3n) is 3.07. The van der Waals surface area contributed by atoms with Gasteiger partial charge in [-0.25, -0.2) is 0 Å². The molecule has 0 bridgehead atoms. The zero-order valence-corrected chi connectivity index (χ0v) is 10.9. The lowest BCUT2D eigenvalue weighted by Gasteiger charge is -2.12. The molecule has 0 saturated carbocycles. The van der Waals surface area contributed by atoms with Gasteiger partial charge in [-0.1, -0.05) is 13.8 Å². The van der Waals surface area contributed by atoms with Gasteiger partial charge in [-0.2, -0.15) is 5.10 Å². The molecule has 6 heteroatoms. The van der Waals surface area contributed by atoms with E-state index in [2.05, 4.69) is 17.3 Å². The zero-order valence-electron chi connectivity index (χ0n) is 10.9. The van der Waals surface area contributed by atoms with Crippen molar-refractivity contribution in [2.24, 2.45) is 7.05 Å². The van der Waals surface area contributed by atoms with E-state index < -0.39 is 0 Å². The van der Waals surface area contributed by atoms with Crippen LogP contribution in [0.4, 0.5) is 5.69 Å². The third kappa shape index (κ3) is 2.82. The average Bonchev–Trinajstić information content (AvgIpc) is 2.62. The number of likely N-dealkylation sites (N-methyl/N-ethyl adjacent to an activating group) is 1. The van der Waals surface area contributed by atoms with Crippen LogP contribution in [0.2, 0.25) is 0 Å². The SMILES string of the molecule is CCc1nn(C)c(CC(CC)NC)c1[N+](=O)[O-]. The number of nitrogens with zero attached hydrogens (tertiary/aromatic N) is 3. The summed E-state index contributed by atoms with van der Waals surface area (Å²) in [5, 5.41) is 18.5. The summed E-state index contributed by atoms with van der Waals surface area (Å²) in [7, 11) is 3.64. The molecule has 0 amide bonds. The second-order valence-corrected chi connectivity index (χ2v) is 4.07. The van der Waals surface area contributed by atoms with E-state index in [1.807, 2.05) is 14.0 Å². The van der Waals surface area contributed by atoms with Gasteiger partial charge in [-0.3, -0.25) is 14.8 Å². The zero-order chi connectivity index (χ0) is 13.0. The molecule has 1 atom stereocenters. The van der Waals surface area contributed by atoms with Gasteiger partial charge in [-0.05, 0) is 19.9 Å². The maximum Gasteiger partial charge on any atom is 0.313 e. The highest BCUT2D eigenvalue weighted by molar-refractivity contribution is 5.41.